The van der Waals surface area contributed by atoms with Crippen LogP contribution in [0.2, 0.25) is 0 Å². The van der Waals surface area contributed by atoms with Crippen LogP contribution in [0.1, 0.15) is 37.9 Å². The normalized spacial score (nSPS) is 14.3. The molecule has 1 nitrogen and oxygen atoms in total. The molecule has 4 heteroatoms. The van der Waals surface area contributed by atoms with E-state index in [0.717, 1.165) is 12.3 Å². The summed E-state index contributed by atoms with van der Waals surface area (Å²) < 4.78 is 36.7. The van der Waals surface area contributed by atoms with Crippen LogP contribution in [0, 0.1) is 5.92 Å². The average Bonchev–Trinajstić information content (AvgIpc) is 2.15. The first-order chi connectivity index (χ1) is 6.82. The molecule has 84 valence electrons. The fourth-order valence-corrected chi connectivity index (χ4v) is 1.18. The van der Waals surface area contributed by atoms with Crippen molar-refractivity contribution in [3.63, 3.8) is 0 Å². The summed E-state index contributed by atoms with van der Waals surface area (Å²) in [7, 11) is 0. The molecule has 0 spiro atoms. The number of hydrogen-bond donors (Lipinski definition) is 0. The maximum atomic E-state index is 12.2. The van der Waals surface area contributed by atoms with Crippen LogP contribution in [0.3, 0.4) is 0 Å². The SMILES string of the molecule is CC(C)[C@H](C)c1ccc(C(F)(F)F)cn1. The highest BCUT2D eigenvalue weighted by Crippen LogP contribution is 2.30. The molecule has 0 amide bonds. The van der Waals surface area contributed by atoms with E-state index in [2.05, 4.69) is 4.98 Å². The summed E-state index contributed by atoms with van der Waals surface area (Å²) in [6.45, 7) is 5.99. The predicted octanol–water partition coefficient (Wildman–Crippen LogP) is 3.86. The van der Waals surface area contributed by atoms with Gasteiger partial charge in [0.2, 0.25) is 0 Å². The lowest BCUT2D eigenvalue weighted by Crippen LogP contribution is -2.08. The molecule has 1 aromatic heterocycles. The molecule has 0 aliphatic rings. The summed E-state index contributed by atoms with van der Waals surface area (Å²) in [5.74, 6) is 0.543. The first-order valence-electron chi connectivity index (χ1n) is 4.85. The van der Waals surface area contributed by atoms with Crippen LogP contribution in [0.25, 0.3) is 0 Å². The molecular formula is C11H14F3N. The quantitative estimate of drug-likeness (QED) is 0.733. The molecular weight excluding hydrogens is 203 g/mol. The van der Waals surface area contributed by atoms with E-state index < -0.39 is 11.7 Å². The summed E-state index contributed by atoms with van der Waals surface area (Å²) in [6.07, 6.45) is -3.40. The van der Waals surface area contributed by atoms with E-state index in [9.17, 15) is 13.2 Å². The van der Waals surface area contributed by atoms with Gasteiger partial charge >= 0.3 is 6.18 Å². The number of aromatic nitrogens is 1. The predicted molar refractivity (Wildman–Crippen MR) is 52.5 cm³/mol. The van der Waals surface area contributed by atoms with Crippen molar-refractivity contribution >= 4 is 0 Å². The van der Waals surface area contributed by atoms with Crippen molar-refractivity contribution in [1.29, 1.82) is 0 Å². The smallest absolute Gasteiger partial charge is 0.260 e. The summed E-state index contributed by atoms with van der Waals surface area (Å²) in [5, 5.41) is 0. The number of rotatable bonds is 2. The second kappa shape index (κ2) is 4.21. The molecule has 0 unspecified atom stereocenters. The Morgan fingerprint density at radius 1 is 1.13 bits per heavy atom. The third-order valence-corrected chi connectivity index (χ3v) is 2.58. The van der Waals surface area contributed by atoms with Gasteiger partial charge < -0.3 is 0 Å². The Kier molecular flexibility index (Phi) is 3.37. The van der Waals surface area contributed by atoms with Crippen molar-refractivity contribution in [1.82, 2.24) is 4.98 Å². The Bertz CT molecular complexity index is 314. The van der Waals surface area contributed by atoms with Crippen molar-refractivity contribution in [3.8, 4) is 0 Å². The summed E-state index contributed by atoms with van der Waals surface area (Å²) in [5.41, 5.74) is 0.0141. The molecule has 0 aliphatic carbocycles. The minimum absolute atomic E-state index is 0.173. The summed E-state index contributed by atoms with van der Waals surface area (Å²) >= 11 is 0. The van der Waals surface area contributed by atoms with Gasteiger partial charge in [0.25, 0.3) is 0 Å². The molecule has 1 aromatic rings. The number of hydrogen-bond acceptors (Lipinski definition) is 1. The molecule has 0 saturated carbocycles. The molecule has 0 bridgehead atoms. The van der Waals surface area contributed by atoms with Crippen LogP contribution in [-0.4, -0.2) is 4.98 Å². The highest BCUT2D eigenvalue weighted by atomic mass is 19.4. The third kappa shape index (κ3) is 2.94. The molecule has 0 N–H and O–H groups in total. The van der Waals surface area contributed by atoms with E-state index in [0.29, 0.717) is 11.6 Å². The molecule has 0 radical (unpaired) electrons. The molecule has 1 heterocycles. The first-order valence-corrected chi connectivity index (χ1v) is 4.85. The lowest BCUT2D eigenvalue weighted by Gasteiger charge is -2.15. The Hall–Kier alpha value is -1.06. The van der Waals surface area contributed by atoms with Gasteiger partial charge in [0.05, 0.1) is 5.56 Å². The van der Waals surface area contributed by atoms with Gasteiger partial charge in [0.1, 0.15) is 0 Å². The van der Waals surface area contributed by atoms with Crippen LogP contribution in [0.15, 0.2) is 18.3 Å². The van der Waals surface area contributed by atoms with Crippen molar-refractivity contribution in [2.24, 2.45) is 5.92 Å². The molecule has 0 aromatic carbocycles. The van der Waals surface area contributed by atoms with Crippen LogP contribution in [-0.2, 0) is 6.18 Å². The van der Waals surface area contributed by atoms with E-state index in [1.165, 1.54) is 6.07 Å². The van der Waals surface area contributed by atoms with E-state index in [1.54, 1.807) is 0 Å². The highest BCUT2D eigenvalue weighted by molar-refractivity contribution is 5.19. The molecule has 0 aliphatic heterocycles. The Labute approximate surface area is 87.3 Å². The van der Waals surface area contributed by atoms with Crippen LogP contribution in [0.5, 0.6) is 0 Å². The molecule has 15 heavy (non-hydrogen) atoms. The van der Waals surface area contributed by atoms with Crippen molar-refractivity contribution < 1.29 is 13.2 Å². The van der Waals surface area contributed by atoms with Crippen molar-refractivity contribution in [3.05, 3.63) is 29.6 Å². The van der Waals surface area contributed by atoms with Gasteiger partial charge in [0, 0.05) is 17.8 Å². The average molecular weight is 217 g/mol. The largest absolute Gasteiger partial charge is 0.417 e. The zero-order chi connectivity index (χ0) is 11.6. The van der Waals surface area contributed by atoms with E-state index in [-0.39, 0.29) is 5.92 Å². The van der Waals surface area contributed by atoms with E-state index in [1.807, 2.05) is 20.8 Å². The van der Waals surface area contributed by atoms with Gasteiger partial charge in [-0.3, -0.25) is 4.98 Å². The minimum Gasteiger partial charge on any atom is -0.260 e. The number of alkyl halides is 3. The third-order valence-electron chi connectivity index (χ3n) is 2.58. The van der Waals surface area contributed by atoms with Crippen molar-refractivity contribution in [2.75, 3.05) is 0 Å². The Morgan fingerprint density at radius 3 is 2.07 bits per heavy atom. The number of pyridine rings is 1. The second-order valence-electron chi connectivity index (χ2n) is 4.00. The monoisotopic (exact) mass is 217 g/mol. The van der Waals surface area contributed by atoms with Gasteiger partial charge in [-0.15, -0.1) is 0 Å². The zero-order valence-corrected chi connectivity index (χ0v) is 8.97. The highest BCUT2D eigenvalue weighted by Gasteiger charge is 2.30. The van der Waals surface area contributed by atoms with Crippen LogP contribution in [0.4, 0.5) is 13.2 Å². The lowest BCUT2D eigenvalue weighted by atomic mass is 9.94. The molecule has 1 rings (SSSR count). The fraction of sp³-hybridized carbons (Fsp3) is 0.545. The standard InChI is InChI=1S/C11H14F3N/c1-7(2)8(3)10-5-4-9(6-15-10)11(12,13)14/h4-8H,1-3H3/t8-/m0/s1. The van der Waals surface area contributed by atoms with Gasteiger partial charge in [0.15, 0.2) is 0 Å². The number of nitrogens with zero attached hydrogens (tertiary/aromatic N) is 1. The topological polar surface area (TPSA) is 12.9 Å². The van der Waals surface area contributed by atoms with Crippen LogP contribution < -0.4 is 0 Å². The molecule has 1 atom stereocenters. The second-order valence-corrected chi connectivity index (χ2v) is 4.00. The Morgan fingerprint density at radius 2 is 1.73 bits per heavy atom. The van der Waals surface area contributed by atoms with E-state index in [4.69, 9.17) is 0 Å². The summed E-state index contributed by atoms with van der Waals surface area (Å²) in [6, 6.07) is 2.54. The lowest BCUT2D eigenvalue weighted by molar-refractivity contribution is -0.137. The van der Waals surface area contributed by atoms with Gasteiger partial charge in [-0.1, -0.05) is 20.8 Å². The number of halogens is 3. The Balaban J connectivity index is 2.91. The maximum absolute atomic E-state index is 12.2. The van der Waals surface area contributed by atoms with Gasteiger partial charge in [-0.25, -0.2) is 0 Å². The minimum atomic E-state index is -4.30. The van der Waals surface area contributed by atoms with Gasteiger partial charge in [-0.05, 0) is 18.1 Å². The molecule has 0 fully saturated rings. The van der Waals surface area contributed by atoms with Gasteiger partial charge in [-0.2, -0.15) is 13.2 Å². The van der Waals surface area contributed by atoms with E-state index >= 15 is 0 Å². The summed E-state index contributed by atoms with van der Waals surface area (Å²) in [4.78, 5) is 3.85. The molecule has 0 saturated heterocycles. The fourth-order valence-electron chi connectivity index (χ4n) is 1.18. The van der Waals surface area contributed by atoms with Crippen LogP contribution >= 0.6 is 0 Å². The maximum Gasteiger partial charge on any atom is 0.417 e. The zero-order valence-electron chi connectivity index (χ0n) is 8.97. The van der Waals surface area contributed by atoms with Crippen molar-refractivity contribution in [2.45, 2.75) is 32.9 Å². The first kappa shape index (κ1) is 12.0.